The molecule has 126 valence electrons. The maximum atomic E-state index is 11.3. The molecule has 0 bridgehead atoms. The van der Waals surface area contributed by atoms with Crippen LogP contribution in [0.3, 0.4) is 0 Å². The van der Waals surface area contributed by atoms with E-state index in [1.54, 1.807) is 0 Å². The Morgan fingerprint density at radius 1 is 1.25 bits per heavy atom. The number of hydroxylamine groups is 1. The summed E-state index contributed by atoms with van der Waals surface area (Å²) in [7, 11) is 0. The minimum absolute atomic E-state index is 0.155. The van der Waals surface area contributed by atoms with Crippen molar-refractivity contribution in [2.45, 2.75) is 19.1 Å². The molecule has 0 heterocycles. The number of nitrogens with zero attached hydrogens (tertiary/aromatic N) is 1. The van der Waals surface area contributed by atoms with Gasteiger partial charge in [0.2, 0.25) is 0 Å². The van der Waals surface area contributed by atoms with Crippen LogP contribution in [0.25, 0.3) is 0 Å². The first-order chi connectivity index (χ1) is 11.5. The van der Waals surface area contributed by atoms with Gasteiger partial charge in [0.1, 0.15) is 11.8 Å². The number of hydrogen-bond acceptors (Lipinski definition) is 6. The summed E-state index contributed by atoms with van der Waals surface area (Å²) in [4.78, 5) is 26.9. The van der Waals surface area contributed by atoms with E-state index in [-0.39, 0.29) is 30.0 Å². The summed E-state index contributed by atoms with van der Waals surface area (Å²) in [6, 6.07) is 11.6. The minimum atomic E-state index is -1.20. The van der Waals surface area contributed by atoms with E-state index < -0.39 is 16.9 Å². The number of carbonyl (C=O) groups is 1. The molecule has 0 unspecified atom stereocenters. The van der Waals surface area contributed by atoms with E-state index in [9.17, 15) is 25.1 Å². The van der Waals surface area contributed by atoms with Gasteiger partial charge in [0.25, 0.3) is 5.69 Å². The monoisotopic (exact) mass is 332 g/mol. The zero-order valence-corrected chi connectivity index (χ0v) is 12.6. The number of rotatable bonds is 8. The molecule has 24 heavy (non-hydrogen) atoms. The Hall–Kier alpha value is -2.97. The summed E-state index contributed by atoms with van der Waals surface area (Å²) < 4.78 is 0. The average molecular weight is 332 g/mol. The van der Waals surface area contributed by atoms with Crippen molar-refractivity contribution in [2.75, 3.05) is 0 Å². The first kappa shape index (κ1) is 17.4. The van der Waals surface area contributed by atoms with E-state index in [0.717, 1.165) is 11.6 Å². The molecule has 0 aromatic heterocycles. The second-order valence-electron chi connectivity index (χ2n) is 5.06. The Bertz CT molecular complexity index is 720. The summed E-state index contributed by atoms with van der Waals surface area (Å²) in [6.07, 6.45) is -0.166. The van der Waals surface area contributed by atoms with E-state index in [4.69, 9.17) is 4.84 Å². The summed E-state index contributed by atoms with van der Waals surface area (Å²) in [6.45, 7) is 0.155. The van der Waals surface area contributed by atoms with Crippen LogP contribution in [0.5, 0.6) is 5.75 Å². The minimum Gasteiger partial charge on any atom is -0.508 e. The van der Waals surface area contributed by atoms with Gasteiger partial charge in [-0.15, -0.1) is 0 Å². The van der Waals surface area contributed by atoms with Gasteiger partial charge in [-0.2, -0.15) is 5.48 Å². The SMILES string of the molecule is O=C(O)[C@H](Cc1ccc(O)cc1[N+](=O)[O-])NOCc1ccccc1. The number of carboxylic acids is 1. The number of nitro groups is 1. The molecule has 1 atom stereocenters. The van der Waals surface area contributed by atoms with Crippen molar-refractivity contribution in [2.24, 2.45) is 0 Å². The second-order valence-corrected chi connectivity index (χ2v) is 5.06. The Morgan fingerprint density at radius 2 is 1.96 bits per heavy atom. The largest absolute Gasteiger partial charge is 0.508 e. The van der Waals surface area contributed by atoms with Gasteiger partial charge in [-0.05, 0) is 17.7 Å². The molecule has 0 spiro atoms. The third kappa shape index (κ3) is 4.77. The first-order valence-electron chi connectivity index (χ1n) is 7.07. The van der Waals surface area contributed by atoms with Crippen LogP contribution < -0.4 is 5.48 Å². The molecule has 2 rings (SSSR count). The number of nitro benzene ring substituents is 1. The zero-order valence-electron chi connectivity index (χ0n) is 12.6. The molecule has 0 aliphatic heterocycles. The summed E-state index contributed by atoms with van der Waals surface area (Å²) in [5.41, 5.74) is 3.10. The Morgan fingerprint density at radius 3 is 2.58 bits per heavy atom. The standard InChI is InChI=1S/C16H16N2O6/c19-13-7-6-12(15(9-13)18(22)23)8-14(16(20)21)17-24-10-11-4-2-1-3-5-11/h1-7,9,14,17,19H,8,10H2,(H,20,21)/t14-/m0/s1. The molecule has 0 fully saturated rings. The first-order valence-corrected chi connectivity index (χ1v) is 7.07. The fraction of sp³-hybridized carbons (Fsp3) is 0.188. The fourth-order valence-corrected chi connectivity index (χ4v) is 2.09. The lowest BCUT2D eigenvalue weighted by molar-refractivity contribution is -0.385. The Kier molecular flexibility index (Phi) is 5.83. The third-order valence-electron chi connectivity index (χ3n) is 3.29. The van der Waals surface area contributed by atoms with Crippen LogP contribution in [0.2, 0.25) is 0 Å². The molecular weight excluding hydrogens is 316 g/mol. The highest BCUT2D eigenvalue weighted by atomic mass is 16.6. The number of phenolic OH excluding ortho intramolecular Hbond substituents is 1. The number of phenols is 1. The van der Waals surface area contributed by atoms with E-state index in [2.05, 4.69) is 5.48 Å². The van der Waals surface area contributed by atoms with Crippen molar-refractivity contribution in [1.29, 1.82) is 0 Å². The van der Waals surface area contributed by atoms with E-state index in [1.807, 2.05) is 30.3 Å². The van der Waals surface area contributed by atoms with Gasteiger partial charge >= 0.3 is 5.97 Å². The maximum Gasteiger partial charge on any atom is 0.323 e. The van der Waals surface area contributed by atoms with Crippen molar-refractivity contribution in [1.82, 2.24) is 5.48 Å². The van der Waals surface area contributed by atoms with Crippen LogP contribution in [-0.4, -0.2) is 27.1 Å². The van der Waals surface area contributed by atoms with E-state index >= 15 is 0 Å². The molecular formula is C16H16N2O6. The number of nitrogens with one attached hydrogen (secondary N) is 1. The molecule has 0 aliphatic carbocycles. The summed E-state index contributed by atoms with van der Waals surface area (Å²) >= 11 is 0. The molecule has 0 aliphatic rings. The quantitative estimate of drug-likeness (QED) is 0.499. The second kappa shape index (κ2) is 8.04. The lowest BCUT2D eigenvalue weighted by Crippen LogP contribution is -2.38. The van der Waals surface area contributed by atoms with E-state index in [0.29, 0.717) is 0 Å². The van der Waals surface area contributed by atoms with Crippen LogP contribution in [0.4, 0.5) is 5.69 Å². The van der Waals surface area contributed by atoms with Crippen molar-refractivity contribution in [3.8, 4) is 5.75 Å². The topological polar surface area (TPSA) is 122 Å². The van der Waals surface area contributed by atoms with Gasteiger partial charge < -0.3 is 10.2 Å². The number of aliphatic carboxylic acids is 1. The lowest BCUT2D eigenvalue weighted by atomic mass is 10.0. The summed E-state index contributed by atoms with van der Waals surface area (Å²) in [5, 5.41) is 29.6. The highest BCUT2D eigenvalue weighted by Crippen LogP contribution is 2.25. The molecule has 3 N–H and O–H groups in total. The van der Waals surface area contributed by atoms with Crippen molar-refractivity contribution in [3.05, 3.63) is 69.8 Å². The van der Waals surface area contributed by atoms with Gasteiger partial charge in [-0.25, -0.2) is 0 Å². The van der Waals surface area contributed by atoms with Crippen LogP contribution in [0.1, 0.15) is 11.1 Å². The molecule has 2 aromatic carbocycles. The van der Waals surface area contributed by atoms with Gasteiger partial charge in [-0.3, -0.25) is 19.7 Å². The predicted molar refractivity (Wildman–Crippen MR) is 84.3 cm³/mol. The van der Waals surface area contributed by atoms with Crippen LogP contribution >= 0.6 is 0 Å². The fourth-order valence-electron chi connectivity index (χ4n) is 2.09. The molecule has 0 amide bonds. The maximum absolute atomic E-state index is 11.3. The highest BCUT2D eigenvalue weighted by Gasteiger charge is 2.23. The molecule has 0 radical (unpaired) electrons. The molecule has 8 nitrogen and oxygen atoms in total. The molecule has 0 saturated carbocycles. The van der Waals surface area contributed by atoms with Crippen LogP contribution in [0, 0.1) is 10.1 Å². The lowest BCUT2D eigenvalue weighted by Gasteiger charge is -2.14. The number of carboxylic acid groups (broad SMARTS) is 1. The smallest absolute Gasteiger partial charge is 0.323 e. The third-order valence-corrected chi connectivity index (χ3v) is 3.29. The Balaban J connectivity index is 2.04. The average Bonchev–Trinajstić information content (AvgIpc) is 2.56. The Labute approximate surface area is 137 Å². The van der Waals surface area contributed by atoms with Crippen molar-refractivity contribution in [3.63, 3.8) is 0 Å². The number of hydrogen-bond donors (Lipinski definition) is 3. The van der Waals surface area contributed by atoms with Gasteiger partial charge in [-0.1, -0.05) is 30.3 Å². The van der Waals surface area contributed by atoms with Gasteiger partial charge in [0, 0.05) is 12.0 Å². The zero-order chi connectivity index (χ0) is 17.5. The highest BCUT2D eigenvalue weighted by molar-refractivity contribution is 5.74. The predicted octanol–water partition coefficient (Wildman–Crippen LogP) is 2.02. The number of benzene rings is 2. The van der Waals surface area contributed by atoms with Crippen molar-refractivity contribution < 1.29 is 24.8 Å². The molecule has 8 heteroatoms. The normalized spacial score (nSPS) is 11.8. The van der Waals surface area contributed by atoms with E-state index in [1.165, 1.54) is 12.1 Å². The van der Waals surface area contributed by atoms with Gasteiger partial charge in [0.05, 0.1) is 17.6 Å². The number of aromatic hydroxyl groups is 1. The summed E-state index contributed by atoms with van der Waals surface area (Å²) in [5.74, 6) is -1.46. The molecule has 2 aromatic rings. The van der Waals surface area contributed by atoms with Crippen LogP contribution in [0.15, 0.2) is 48.5 Å². The van der Waals surface area contributed by atoms with Gasteiger partial charge in [0.15, 0.2) is 0 Å². The molecule has 0 saturated heterocycles. The van der Waals surface area contributed by atoms with Crippen LogP contribution in [-0.2, 0) is 22.7 Å². The van der Waals surface area contributed by atoms with Crippen molar-refractivity contribution >= 4 is 11.7 Å².